The van der Waals surface area contributed by atoms with Crippen LogP contribution in [0.25, 0.3) is 0 Å². The lowest BCUT2D eigenvalue weighted by Gasteiger charge is -2.01. The van der Waals surface area contributed by atoms with Gasteiger partial charge in [0.05, 0.1) is 12.4 Å². The number of aromatic carboxylic acids is 1. The van der Waals surface area contributed by atoms with E-state index < -0.39 is 5.97 Å². The van der Waals surface area contributed by atoms with Crippen molar-refractivity contribution in [2.75, 3.05) is 11.9 Å². The van der Waals surface area contributed by atoms with E-state index in [9.17, 15) is 4.79 Å². The van der Waals surface area contributed by atoms with E-state index in [2.05, 4.69) is 20.5 Å². The van der Waals surface area contributed by atoms with E-state index >= 15 is 0 Å². The van der Waals surface area contributed by atoms with Gasteiger partial charge in [-0.3, -0.25) is 5.10 Å². The molecule has 0 aliphatic carbocycles. The van der Waals surface area contributed by atoms with E-state index in [1.807, 2.05) is 13.1 Å². The van der Waals surface area contributed by atoms with Crippen LogP contribution in [0, 0.1) is 6.92 Å². The molecule has 18 heavy (non-hydrogen) atoms. The van der Waals surface area contributed by atoms with Crippen molar-refractivity contribution >= 4 is 22.4 Å². The van der Waals surface area contributed by atoms with Crippen molar-refractivity contribution in [1.29, 1.82) is 0 Å². The minimum Gasteiger partial charge on any atom is -0.477 e. The molecule has 0 bridgehead atoms. The van der Waals surface area contributed by atoms with Gasteiger partial charge in [-0.25, -0.2) is 9.78 Å². The van der Waals surface area contributed by atoms with Gasteiger partial charge in [-0.2, -0.15) is 5.10 Å². The lowest BCUT2D eigenvalue weighted by atomic mass is 10.1. The molecule has 2 aromatic rings. The number of carbonyl (C=O) groups is 1. The molecule has 0 saturated carbocycles. The maximum absolute atomic E-state index is 10.7. The first-order valence-electron chi connectivity index (χ1n) is 5.58. The van der Waals surface area contributed by atoms with Crippen LogP contribution in [0.15, 0.2) is 12.4 Å². The molecule has 2 heterocycles. The third-order valence-electron chi connectivity index (χ3n) is 2.55. The summed E-state index contributed by atoms with van der Waals surface area (Å²) in [4.78, 5) is 14.9. The number of nitrogens with zero attached hydrogens (tertiary/aromatic N) is 2. The Balaban J connectivity index is 1.75. The van der Waals surface area contributed by atoms with Crippen molar-refractivity contribution < 1.29 is 9.90 Å². The van der Waals surface area contributed by atoms with Crippen LogP contribution in [-0.4, -0.2) is 32.8 Å². The molecule has 7 heteroatoms. The molecule has 96 valence electrons. The van der Waals surface area contributed by atoms with Crippen molar-refractivity contribution in [2.24, 2.45) is 0 Å². The average Bonchev–Trinajstić information content (AvgIpc) is 2.94. The number of H-pyrrole nitrogens is 1. The molecular weight excluding hydrogens is 252 g/mol. The monoisotopic (exact) mass is 266 g/mol. The molecule has 0 radical (unpaired) electrons. The second kappa shape index (κ2) is 5.63. The van der Waals surface area contributed by atoms with Crippen molar-refractivity contribution in [3.8, 4) is 0 Å². The molecule has 0 fully saturated rings. The van der Waals surface area contributed by atoms with Gasteiger partial charge in [-0.05, 0) is 25.3 Å². The Labute approximate surface area is 108 Å². The van der Waals surface area contributed by atoms with E-state index in [0.717, 1.165) is 36.4 Å². The summed E-state index contributed by atoms with van der Waals surface area (Å²) in [5, 5.41) is 19.4. The number of aromatic nitrogens is 3. The summed E-state index contributed by atoms with van der Waals surface area (Å²) in [6, 6.07) is 0. The summed E-state index contributed by atoms with van der Waals surface area (Å²) in [5.41, 5.74) is 2.31. The lowest BCUT2D eigenvalue weighted by Crippen LogP contribution is -2.02. The summed E-state index contributed by atoms with van der Waals surface area (Å²) in [6.45, 7) is 2.76. The highest BCUT2D eigenvalue weighted by Gasteiger charge is 2.07. The smallest absolute Gasteiger partial charge is 0.347 e. The highest BCUT2D eigenvalue weighted by molar-refractivity contribution is 7.17. The summed E-state index contributed by atoms with van der Waals surface area (Å²) < 4.78 is 0. The fraction of sp³-hybridized carbons (Fsp3) is 0.364. The normalized spacial score (nSPS) is 10.5. The molecule has 0 saturated heterocycles. The van der Waals surface area contributed by atoms with Gasteiger partial charge in [0, 0.05) is 12.2 Å². The number of thiazole rings is 1. The molecular formula is C11H14N4O2S. The van der Waals surface area contributed by atoms with E-state index in [1.54, 1.807) is 0 Å². The number of rotatable bonds is 6. The SMILES string of the molecule is Cc1[nH]ncc1CCCNc1ncc(C(=O)O)s1. The summed E-state index contributed by atoms with van der Waals surface area (Å²) in [7, 11) is 0. The first-order valence-corrected chi connectivity index (χ1v) is 6.40. The molecule has 0 amide bonds. The van der Waals surface area contributed by atoms with Gasteiger partial charge in [0.25, 0.3) is 0 Å². The Bertz CT molecular complexity index is 535. The van der Waals surface area contributed by atoms with E-state index in [0.29, 0.717) is 5.13 Å². The fourth-order valence-corrected chi connectivity index (χ4v) is 2.24. The minimum atomic E-state index is -0.936. The van der Waals surface area contributed by atoms with Crippen LogP contribution in [0.5, 0.6) is 0 Å². The number of aryl methyl sites for hydroxylation is 2. The second-order valence-corrected chi connectivity index (χ2v) is 4.92. The zero-order chi connectivity index (χ0) is 13.0. The van der Waals surface area contributed by atoms with Gasteiger partial charge in [0.1, 0.15) is 4.88 Å². The highest BCUT2D eigenvalue weighted by Crippen LogP contribution is 2.17. The fourth-order valence-electron chi connectivity index (χ4n) is 1.56. The van der Waals surface area contributed by atoms with E-state index in [4.69, 9.17) is 5.11 Å². The van der Waals surface area contributed by atoms with Gasteiger partial charge in [-0.1, -0.05) is 11.3 Å². The summed E-state index contributed by atoms with van der Waals surface area (Å²) in [5.74, 6) is -0.936. The minimum absolute atomic E-state index is 0.253. The Kier molecular flexibility index (Phi) is 3.93. The van der Waals surface area contributed by atoms with Crippen LogP contribution < -0.4 is 5.32 Å². The topological polar surface area (TPSA) is 90.9 Å². The third-order valence-corrected chi connectivity index (χ3v) is 3.49. The molecule has 0 aromatic carbocycles. The predicted molar refractivity (Wildman–Crippen MR) is 69.2 cm³/mol. The number of anilines is 1. The molecule has 6 nitrogen and oxygen atoms in total. The van der Waals surface area contributed by atoms with Gasteiger partial charge < -0.3 is 10.4 Å². The number of hydrogen-bond acceptors (Lipinski definition) is 5. The zero-order valence-corrected chi connectivity index (χ0v) is 10.8. The maximum atomic E-state index is 10.7. The quantitative estimate of drug-likeness (QED) is 0.695. The van der Waals surface area contributed by atoms with E-state index in [-0.39, 0.29) is 4.88 Å². The van der Waals surface area contributed by atoms with Crippen LogP contribution in [-0.2, 0) is 6.42 Å². The molecule has 0 aliphatic rings. The number of nitrogens with one attached hydrogen (secondary N) is 2. The van der Waals surface area contributed by atoms with E-state index in [1.165, 1.54) is 11.8 Å². The Morgan fingerprint density at radius 2 is 2.39 bits per heavy atom. The number of aromatic amines is 1. The standard InChI is InChI=1S/C11H14N4O2S/c1-7-8(5-14-15-7)3-2-4-12-11-13-6-9(18-11)10(16)17/h5-6H,2-4H2,1H3,(H,12,13)(H,14,15)(H,16,17). The summed E-state index contributed by atoms with van der Waals surface area (Å²) >= 11 is 1.15. The molecule has 3 N–H and O–H groups in total. The van der Waals surface area contributed by atoms with Crippen LogP contribution >= 0.6 is 11.3 Å². The molecule has 0 atom stereocenters. The van der Waals surface area contributed by atoms with Crippen molar-refractivity contribution in [2.45, 2.75) is 19.8 Å². The van der Waals surface area contributed by atoms with Gasteiger partial charge >= 0.3 is 5.97 Å². The van der Waals surface area contributed by atoms with Crippen molar-refractivity contribution in [1.82, 2.24) is 15.2 Å². The molecule has 0 spiro atoms. The predicted octanol–water partition coefficient (Wildman–Crippen LogP) is 1.92. The Hall–Kier alpha value is -1.89. The number of hydrogen-bond donors (Lipinski definition) is 3. The van der Waals surface area contributed by atoms with Crippen LogP contribution in [0.3, 0.4) is 0 Å². The molecule has 0 aliphatic heterocycles. The van der Waals surface area contributed by atoms with Crippen molar-refractivity contribution in [3.05, 3.63) is 28.5 Å². The maximum Gasteiger partial charge on any atom is 0.347 e. The first-order chi connectivity index (χ1) is 8.66. The highest BCUT2D eigenvalue weighted by atomic mass is 32.1. The van der Waals surface area contributed by atoms with Gasteiger partial charge in [-0.15, -0.1) is 0 Å². The Morgan fingerprint density at radius 3 is 3.00 bits per heavy atom. The number of carboxylic acids is 1. The summed E-state index contributed by atoms with van der Waals surface area (Å²) in [6.07, 6.45) is 5.09. The Morgan fingerprint density at radius 1 is 1.56 bits per heavy atom. The molecule has 2 aromatic heterocycles. The van der Waals surface area contributed by atoms with Crippen LogP contribution in [0.2, 0.25) is 0 Å². The third kappa shape index (κ3) is 3.07. The molecule has 0 unspecified atom stereocenters. The zero-order valence-electron chi connectivity index (χ0n) is 9.93. The van der Waals surface area contributed by atoms with Gasteiger partial charge in [0.2, 0.25) is 0 Å². The van der Waals surface area contributed by atoms with Crippen molar-refractivity contribution in [3.63, 3.8) is 0 Å². The van der Waals surface area contributed by atoms with Crippen LogP contribution in [0.1, 0.15) is 27.3 Å². The number of carboxylic acid groups (broad SMARTS) is 1. The van der Waals surface area contributed by atoms with Crippen LogP contribution in [0.4, 0.5) is 5.13 Å². The molecule has 2 rings (SSSR count). The second-order valence-electron chi connectivity index (χ2n) is 3.89. The largest absolute Gasteiger partial charge is 0.477 e. The van der Waals surface area contributed by atoms with Gasteiger partial charge in [0.15, 0.2) is 5.13 Å². The first kappa shape index (κ1) is 12.6. The lowest BCUT2D eigenvalue weighted by molar-refractivity contribution is 0.0702. The average molecular weight is 266 g/mol.